The van der Waals surface area contributed by atoms with Crippen LogP contribution in [0.5, 0.6) is 0 Å². The average Bonchev–Trinajstić information content (AvgIpc) is 2.17. The minimum absolute atomic E-state index is 0.859. The number of nitrogens with zero attached hydrogens (tertiary/aromatic N) is 3. The normalized spacial score (nSPS) is 9.00. The second-order valence-corrected chi connectivity index (χ2v) is 2.03. The zero-order valence-corrected chi connectivity index (χ0v) is 5.93. The Kier molecular flexibility index (Phi) is 1.79. The molecule has 0 aliphatic heterocycles. The first-order chi connectivity index (χ1) is 4.33. The van der Waals surface area contributed by atoms with Crippen LogP contribution in [-0.2, 0) is 18.2 Å². The summed E-state index contributed by atoms with van der Waals surface area (Å²) in [5.74, 6) is 3.50. The Morgan fingerprint density at radius 1 is 1.89 bits per heavy atom. The van der Waals surface area contributed by atoms with Crippen molar-refractivity contribution in [1.29, 1.82) is 0 Å². The molecule has 0 aliphatic carbocycles. The minimum Gasteiger partial charge on any atom is -0.274 e. The predicted octanol–water partition coefficient (Wildman–Crippen LogP) is 0.750. The fourth-order valence-electron chi connectivity index (χ4n) is 0.530. The van der Waals surface area contributed by atoms with Crippen molar-refractivity contribution in [1.82, 2.24) is 9.78 Å². The second kappa shape index (κ2) is 2.59. The van der Waals surface area contributed by atoms with E-state index >= 15 is 0 Å². The summed E-state index contributed by atoms with van der Waals surface area (Å²) >= 11 is 1.19. The van der Waals surface area contributed by atoms with E-state index in [0.29, 0.717) is 0 Å². The van der Waals surface area contributed by atoms with Gasteiger partial charge in [-0.1, -0.05) is 11.1 Å². The van der Waals surface area contributed by atoms with E-state index in [4.69, 9.17) is 0 Å². The Bertz CT molecular complexity index is 246. The summed E-state index contributed by atoms with van der Waals surface area (Å²) in [5.41, 5.74) is 0.859. The van der Waals surface area contributed by atoms with E-state index in [1.54, 1.807) is 10.9 Å². The van der Waals surface area contributed by atoms with Gasteiger partial charge in [-0.05, 0) is 5.87 Å². The van der Waals surface area contributed by atoms with Crippen LogP contribution in [0.4, 0.5) is 5.69 Å². The van der Waals surface area contributed by atoms with Crippen molar-refractivity contribution in [3.05, 3.63) is 12.4 Å². The molecule has 0 N–H and O–H groups in total. The first-order valence-electron chi connectivity index (χ1n) is 2.44. The lowest BCUT2D eigenvalue weighted by Crippen LogP contribution is -1.83. The molecule has 48 valence electrons. The minimum atomic E-state index is 0.859. The van der Waals surface area contributed by atoms with Crippen molar-refractivity contribution < 1.29 is 0 Å². The Morgan fingerprint density at radius 3 is 3.11 bits per heavy atom. The van der Waals surface area contributed by atoms with Crippen LogP contribution in [-0.4, -0.2) is 15.7 Å². The molecule has 0 saturated heterocycles. The van der Waals surface area contributed by atoms with Crippen molar-refractivity contribution in [2.24, 2.45) is 11.4 Å². The number of rotatable bonds is 1. The van der Waals surface area contributed by atoms with Crippen LogP contribution in [0.25, 0.3) is 0 Å². The third kappa shape index (κ3) is 1.50. The smallest absolute Gasteiger partial charge is 0.114 e. The van der Waals surface area contributed by atoms with Crippen molar-refractivity contribution in [3.63, 3.8) is 0 Å². The maximum absolute atomic E-state index is 3.95. The topological polar surface area (TPSA) is 30.2 Å². The highest BCUT2D eigenvalue weighted by atomic mass is 32.1. The molecule has 3 nitrogen and oxygen atoms in total. The van der Waals surface area contributed by atoms with E-state index in [-0.39, 0.29) is 0 Å². The summed E-state index contributed by atoms with van der Waals surface area (Å²) in [6.07, 6.45) is 3.52. The molecule has 4 heteroatoms. The highest BCUT2D eigenvalue weighted by Crippen LogP contribution is 2.05. The molecule has 1 heterocycles. The van der Waals surface area contributed by atoms with Gasteiger partial charge in [0.15, 0.2) is 0 Å². The summed E-state index contributed by atoms with van der Waals surface area (Å²) in [4.78, 5) is 0. The molecule has 0 saturated carbocycles. The van der Waals surface area contributed by atoms with Gasteiger partial charge in [-0.25, -0.2) is 0 Å². The van der Waals surface area contributed by atoms with Gasteiger partial charge in [-0.15, -0.1) is 0 Å². The molecule has 0 unspecified atom stereocenters. The van der Waals surface area contributed by atoms with E-state index in [1.807, 2.05) is 13.2 Å². The van der Waals surface area contributed by atoms with Gasteiger partial charge in [-0.2, -0.15) is 9.46 Å². The SMILES string of the molecule is C=S=Nc1cnn(C)c1. The highest BCUT2D eigenvalue weighted by molar-refractivity contribution is 7.66. The Labute approximate surface area is 57.0 Å². The monoisotopic (exact) mass is 141 g/mol. The molecule has 0 fully saturated rings. The van der Waals surface area contributed by atoms with E-state index in [9.17, 15) is 0 Å². The van der Waals surface area contributed by atoms with Gasteiger partial charge < -0.3 is 0 Å². The maximum Gasteiger partial charge on any atom is 0.114 e. The van der Waals surface area contributed by atoms with Crippen LogP contribution in [0.1, 0.15) is 0 Å². The molecule has 0 aliphatic rings. The zero-order chi connectivity index (χ0) is 6.69. The van der Waals surface area contributed by atoms with Crippen LogP contribution < -0.4 is 0 Å². The first kappa shape index (κ1) is 6.22. The molecule has 0 aromatic carbocycles. The lowest BCUT2D eigenvalue weighted by molar-refractivity contribution is 0.768. The number of hydrogen-bond donors (Lipinski definition) is 0. The molecular weight excluding hydrogens is 134 g/mol. The molecule has 9 heavy (non-hydrogen) atoms. The van der Waals surface area contributed by atoms with Crippen LogP contribution in [0.15, 0.2) is 16.8 Å². The Balaban J connectivity index is 2.97. The standard InChI is InChI=1S/C5H7N3S/c1-8-4-5(3-6-8)7-9-2/h3-4H,2H2,1H3. The van der Waals surface area contributed by atoms with E-state index < -0.39 is 0 Å². The van der Waals surface area contributed by atoms with E-state index in [1.165, 1.54) is 11.1 Å². The molecule has 0 radical (unpaired) electrons. The molecule has 0 spiro atoms. The molecule has 1 aromatic heterocycles. The highest BCUT2D eigenvalue weighted by Gasteiger charge is 1.87. The van der Waals surface area contributed by atoms with E-state index in [2.05, 4.69) is 15.3 Å². The van der Waals surface area contributed by atoms with Gasteiger partial charge in [0.2, 0.25) is 0 Å². The molecule has 0 bridgehead atoms. The summed E-state index contributed by atoms with van der Waals surface area (Å²) in [7, 11) is 1.85. The first-order valence-corrected chi connectivity index (χ1v) is 3.38. The van der Waals surface area contributed by atoms with Gasteiger partial charge in [-0.3, -0.25) is 4.68 Å². The third-order valence-electron chi connectivity index (χ3n) is 0.861. The predicted molar refractivity (Wildman–Crippen MR) is 39.8 cm³/mol. The fourth-order valence-corrected chi connectivity index (χ4v) is 0.773. The lowest BCUT2D eigenvalue weighted by Gasteiger charge is -1.78. The van der Waals surface area contributed by atoms with Crippen molar-refractivity contribution in [2.45, 2.75) is 0 Å². The molecule has 0 atom stereocenters. The molecular formula is C5H7N3S. The van der Waals surface area contributed by atoms with Gasteiger partial charge in [0.1, 0.15) is 5.69 Å². The quantitative estimate of drug-likeness (QED) is 0.531. The van der Waals surface area contributed by atoms with Crippen LogP contribution in [0.3, 0.4) is 0 Å². The summed E-state index contributed by atoms with van der Waals surface area (Å²) in [6, 6.07) is 0. The molecule has 0 amide bonds. The van der Waals surface area contributed by atoms with Crippen molar-refractivity contribution in [2.75, 3.05) is 0 Å². The van der Waals surface area contributed by atoms with Gasteiger partial charge >= 0.3 is 0 Å². The molecule has 1 aromatic rings. The van der Waals surface area contributed by atoms with Gasteiger partial charge in [0, 0.05) is 7.05 Å². The molecule has 1 rings (SSSR count). The number of aryl methyl sites for hydroxylation is 1. The van der Waals surface area contributed by atoms with Crippen LogP contribution >= 0.6 is 0 Å². The second-order valence-electron chi connectivity index (χ2n) is 1.59. The fraction of sp³-hybridized carbons (Fsp3) is 0.200. The Hall–Kier alpha value is -0.900. The van der Waals surface area contributed by atoms with Crippen molar-refractivity contribution >= 4 is 22.7 Å². The Morgan fingerprint density at radius 2 is 2.67 bits per heavy atom. The third-order valence-corrected chi connectivity index (χ3v) is 1.20. The summed E-state index contributed by atoms with van der Waals surface area (Å²) in [6.45, 7) is 0. The van der Waals surface area contributed by atoms with Crippen LogP contribution in [0, 0.1) is 0 Å². The zero-order valence-electron chi connectivity index (χ0n) is 5.11. The van der Waals surface area contributed by atoms with Crippen molar-refractivity contribution in [3.8, 4) is 0 Å². The van der Waals surface area contributed by atoms with E-state index in [0.717, 1.165) is 5.69 Å². The lowest BCUT2D eigenvalue weighted by atomic mass is 10.6. The maximum atomic E-state index is 3.95. The van der Waals surface area contributed by atoms with Gasteiger partial charge in [0.05, 0.1) is 12.4 Å². The number of aromatic nitrogens is 2. The summed E-state index contributed by atoms with van der Waals surface area (Å²) < 4.78 is 5.65. The van der Waals surface area contributed by atoms with Gasteiger partial charge in [0.25, 0.3) is 0 Å². The van der Waals surface area contributed by atoms with Crippen LogP contribution in [0.2, 0.25) is 0 Å². The summed E-state index contributed by atoms with van der Waals surface area (Å²) in [5, 5.41) is 3.92. The average molecular weight is 141 g/mol. The largest absolute Gasteiger partial charge is 0.274 e. The number of hydrogen-bond acceptors (Lipinski definition) is 2.